The maximum atomic E-state index is 3.45. The fourth-order valence-electron chi connectivity index (χ4n) is 1.81. The van der Waals surface area contributed by atoms with Crippen LogP contribution in [0.3, 0.4) is 0 Å². The van der Waals surface area contributed by atoms with E-state index in [0.717, 1.165) is 19.6 Å². The molecule has 1 N–H and O–H groups in total. The highest BCUT2D eigenvalue weighted by molar-refractivity contribution is 5.03. The van der Waals surface area contributed by atoms with Gasteiger partial charge in [0.05, 0.1) is 6.67 Å². The van der Waals surface area contributed by atoms with Crippen LogP contribution < -0.4 is 5.32 Å². The standard InChI is InChI=1S/C11H22N2/c1-4-6-11-7-5-8-12-9-13(11)10(2)3/h6,10,12H,4-5,7-9H2,1-3H3/b11-6-. The van der Waals surface area contributed by atoms with Crippen molar-refractivity contribution in [2.75, 3.05) is 13.2 Å². The summed E-state index contributed by atoms with van der Waals surface area (Å²) in [7, 11) is 0. The smallest absolute Gasteiger partial charge is 0.0681 e. The Hall–Kier alpha value is -0.500. The van der Waals surface area contributed by atoms with Crippen LogP contribution in [0.5, 0.6) is 0 Å². The van der Waals surface area contributed by atoms with Crippen LogP contribution in [0, 0.1) is 0 Å². The zero-order valence-electron chi connectivity index (χ0n) is 9.14. The Kier molecular flexibility index (Phi) is 4.29. The van der Waals surface area contributed by atoms with Crippen LogP contribution in [0.4, 0.5) is 0 Å². The van der Waals surface area contributed by atoms with E-state index in [9.17, 15) is 0 Å². The van der Waals surface area contributed by atoms with E-state index in [1.807, 2.05) is 0 Å². The van der Waals surface area contributed by atoms with Crippen molar-refractivity contribution in [1.82, 2.24) is 10.2 Å². The van der Waals surface area contributed by atoms with Crippen molar-refractivity contribution >= 4 is 0 Å². The maximum Gasteiger partial charge on any atom is 0.0681 e. The summed E-state index contributed by atoms with van der Waals surface area (Å²) in [5.74, 6) is 0. The minimum Gasteiger partial charge on any atom is -0.360 e. The van der Waals surface area contributed by atoms with Crippen LogP contribution in [0.2, 0.25) is 0 Å². The molecule has 0 bridgehead atoms. The van der Waals surface area contributed by atoms with Gasteiger partial charge >= 0.3 is 0 Å². The highest BCUT2D eigenvalue weighted by atomic mass is 15.2. The molecule has 13 heavy (non-hydrogen) atoms. The first-order valence-corrected chi connectivity index (χ1v) is 5.42. The maximum absolute atomic E-state index is 3.45. The number of nitrogens with one attached hydrogen (secondary N) is 1. The van der Waals surface area contributed by atoms with E-state index in [-0.39, 0.29) is 0 Å². The summed E-state index contributed by atoms with van der Waals surface area (Å²) in [5.41, 5.74) is 1.53. The molecule has 76 valence electrons. The molecule has 0 unspecified atom stereocenters. The Bertz CT molecular complexity index is 173. The summed E-state index contributed by atoms with van der Waals surface area (Å²) in [6.07, 6.45) is 6.03. The van der Waals surface area contributed by atoms with Gasteiger partial charge < -0.3 is 4.90 Å². The number of rotatable bonds is 2. The second-order valence-electron chi connectivity index (χ2n) is 3.93. The van der Waals surface area contributed by atoms with E-state index in [1.54, 1.807) is 0 Å². The average Bonchev–Trinajstić information content (AvgIpc) is 2.30. The third kappa shape index (κ3) is 3.03. The zero-order valence-corrected chi connectivity index (χ0v) is 9.14. The van der Waals surface area contributed by atoms with Gasteiger partial charge in [-0.15, -0.1) is 0 Å². The lowest BCUT2D eigenvalue weighted by Gasteiger charge is -2.29. The monoisotopic (exact) mass is 182 g/mol. The molecule has 0 radical (unpaired) electrons. The van der Waals surface area contributed by atoms with Gasteiger partial charge in [0.1, 0.15) is 0 Å². The first-order valence-electron chi connectivity index (χ1n) is 5.42. The Morgan fingerprint density at radius 3 is 2.92 bits per heavy atom. The van der Waals surface area contributed by atoms with Gasteiger partial charge in [-0.05, 0) is 39.7 Å². The molecule has 1 heterocycles. The molecule has 0 atom stereocenters. The number of allylic oxidation sites excluding steroid dienone is 2. The third-order valence-electron chi connectivity index (χ3n) is 2.50. The summed E-state index contributed by atoms with van der Waals surface area (Å²) in [4.78, 5) is 2.47. The van der Waals surface area contributed by atoms with Crippen molar-refractivity contribution in [2.24, 2.45) is 0 Å². The van der Waals surface area contributed by atoms with E-state index in [4.69, 9.17) is 0 Å². The van der Waals surface area contributed by atoms with Gasteiger partial charge in [-0.3, -0.25) is 5.32 Å². The predicted octanol–water partition coefficient (Wildman–Crippen LogP) is 2.33. The van der Waals surface area contributed by atoms with Gasteiger partial charge in [-0.2, -0.15) is 0 Å². The van der Waals surface area contributed by atoms with E-state index >= 15 is 0 Å². The summed E-state index contributed by atoms with van der Waals surface area (Å²) < 4.78 is 0. The highest BCUT2D eigenvalue weighted by Crippen LogP contribution is 2.17. The molecule has 1 aliphatic heterocycles. The van der Waals surface area contributed by atoms with Crippen LogP contribution in [0.1, 0.15) is 40.0 Å². The van der Waals surface area contributed by atoms with Crippen molar-refractivity contribution in [3.05, 3.63) is 11.8 Å². The topological polar surface area (TPSA) is 15.3 Å². The predicted molar refractivity (Wildman–Crippen MR) is 57.5 cm³/mol. The molecular weight excluding hydrogens is 160 g/mol. The lowest BCUT2D eigenvalue weighted by molar-refractivity contribution is 0.269. The lowest BCUT2D eigenvalue weighted by atomic mass is 10.2. The molecule has 1 aliphatic rings. The van der Waals surface area contributed by atoms with Crippen LogP contribution in [-0.2, 0) is 0 Å². The molecule has 1 rings (SSSR count). The van der Waals surface area contributed by atoms with Crippen molar-refractivity contribution in [3.8, 4) is 0 Å². The zero-order chi connectivity index (χ0) is 9.68. The number of hydrogen-bond acceptors (Lipinski definition) is 2. The minimum atomic E-state index is 0.614. The Morgan fingerprint density at radius 2 is 2.31 bits per heavy atom. The highest BCUT2D eigenvalue weighted by Gasteiger charge is 2.14. The second kappa shape index (κ2) is 5.28. The number of hydrogen-bond donors (Lipinski definition) is 1. The van der Waals surface area contributed by atoms with Crippen molar-refractivity contribution < 1.29 is 0 Å². The minimum absolute atomic E-state index is 0.614. The Balaban J connectivity index is 2.67. The molecule has 0 amide bonds. The first kappa shape index (κ1) is 10.6. The SMILES string of the molecule is CC/C=C1/CCCNCN1C(C)C. The van der Waals surface area contributed by atoms with Crippen LogP contribution in [-0.4, -0.2) is 24.2 Å². The van der Waals surface area contributed by atoms with E-state index in [0.29, 0.717) is 6.04 Å². The molecule has 0 aromatic rings. The molecule has 2 heteroatoms. The first-order chi connectivity index (χ1) is 6.25. The van der Waals surface area contributed by atoms with Crippen molar-refractivity contribution in [3.63, 3.8) is 0 Å². The van der Waals surface area contributed by atoms with Gasteiger partial charge in [-0.1, -0.05) is 13.0 Å². The second-order valence-corrected chi connectivity index (χ2v) is 3.93. The quantitative estimate of drug-likeness (QED) is 0.705. The fourth-order valence-corrected chi connectivity index (χ4v) is 1.81. The third-order valence-corrected chi connectivity index (χ3v) is 2.50. The number of nitrogens with zero attached hydrogens (tertiary/aromatic N) is 1. The van der Waals surface area contributed by atoms with Crippen LogP contribution in [0.15, 0.2) is 11.8 Å². The lowest BCUT2D eigenvalue weighted by Crippen LogP contribution is -2.36. The summed E-state index contributed by atoms with van der Waals surface area (Å²) >= 11 is 0. The molecule has 0 spiro atoms. The van der Waals surface area contributed by atoms with E-state index < -0.39 is 0 Å². The molecular formula is C11H22N2. The normalized spacial score (nSPS) is 22.5. The molecule has 0 saturated carbocycles. The largest absolute Gasteiger partial charge is 0.360 e. The molecule has 1 saturated heterocycles. The average molecular weight is 182 g/mol. The van der Waals surface area contributed by atoms with Crippen molar-refractivity contribution in [2.45, 2.75) is 46.1 Å². The molecule has 0 aliphatic carbocycles. The van der Waals surface area contributed by atoms with E-state index in [2.05, 4.69) is 37.1 Å². The summed E-state index contributed by atoms with van der Waals surface area (Å²) in [6, 6.07) is 0.614. The van der Waals surface area contributed by atoms with E-state index in [1.165, 1.54) is 18.5 Å². The summed E-state index contributed by atoms with van der Waals surface area (Å²) in [5, 5.41) is 3.45. The van der Waals surface area contributed by atoms with Gasteiger partial charge in [0.15, 0.2) is 0 Å². The van der Waals surface area contributed by atoms with Gasteiger partial charge in [-0.25, -0.2) is 0 Å². The molecule has 1 fully saturated rings. The van der Waals surface area contributed by atoms with Gasteiger partial charge in [0, 0.05) is 11.7 Å². The van der Waals surface area contributed by atoms with Crippen LogP contribution >= 0.6 is 0 Å². The van der Waals surface area contributed by atoms with Crippen molar-refractivity contribution in [1.29, 1.82) is 0 Å². The fraction of sp³-hybridized carbons (Fsp3) is 0.818. The van der Waals surface area contributed by atoms with Gasteiger partial charge in [0.2, 0.25) is 0 Å². The summed E-state index contributed by atoms with van der Waals surface area (Å²) in [6.45, 7) is 8.91. The Labute approximate surface area is 82.0 Å². The molecule has 0 aromatic heterocycles. The van der Waals surface area contributed by atoms with Gasteiger partial charge in [0.25, 0.3) is 0 Å². The molecule has 0 aromatic carbocycles. The molecule has 2 nitrogen and oxygen atoms in total. The van der Waals surface area contributed by atoms with Crippen LogP contribution in [0.25, 0.3) is 0 Å². The Morgan fingerprint density at radius 1 is 1.54 bits per heavy atom.